The second-order valence-electron chi connectivity index (χ2n) is 4.26. The Balaban J connectivity index is 2.72. The van der Waals surface area contributed by atoms with Crippen LogP contribution in [0.15, 0.2) is 17.3 Å². The van der Waals surface area contributed by atoms with Gasteiger partial charge in [-0.1, -0.05) is 0 Å². The van der Waals surface area contributed by atoms with Crippen LogP contribution in [0.4, 0.5) is 0 Å². The van der Waals surface area contributed by atoms with Crippen LogP contribution in [0, 0.1) is 0 Å². The molecule has 20 heavy (non-hydrogen) atoms. The predicted octanol–water partition coefficient (Wildman–Crippen LogP) is -1.32. The van der Waals surface area contributed by atoms with Crippen LogP contribution in [0.25, 0.3) is 0 Å². The van der Waals surface area contributed by atoms with E-state index in [-0.39, 0.29) is 4.90 Å². The molecular formula is C10H16N4O5S. The number of nitrogens with one attached hydrogen (secondary N) is 2. The predicted molar refractivity (Wildman–Crippen MR) is 68.2 cm³/mol. The molecule has 112 valence electrons. The first-order chi connectivity index (χ1) is 9.13. The largest absolute Gasteiger partial charge is 0.480 e. The first kappa shape index (κ1) is 16.1. The Kier molecular flexibility index (Phi) is 4.84. The van der Waals surface area contributed by atoms with Crippen molar-refractivity contribution < 1.29 is 23.1 Å². The number of sulfonamides is 1. The van der Waals surface area contributed by atoms with Crippen molar-refractivity contribution >= 4 is 21.9 Å². The Morgan fingerprint density at radius 1 is 1.35 bits per heavy atom. The quantitative estimate of drug-likeness (QED) is 0.597. The number of carboxylic acids is 1. The second kappa shape index (κ2) is 6.01. The van der Waals surface area contributed by atoms with Crippen molar-refractivity contribution in [1.82, 2.24) is 19.8 Å². The van der Waals surface area contributed by atoms with Gasteiger partial charge in [0.05, 0.1) is 12.2 Å². The lowest BCUT2D eigenvalue weighted by atomic mass is 10.3. The molecule has 0 bridgehead atoms. The smallest absolute Gasteiger partial charge is 0.325 e. The molecule has 2 unspecified atom stereocenters. The molecule has 0 saturated heterocycles. The fourth-order valence-electron chi connectivity index (χ4n) is 1.29. The minimum absolute atomic E-state index is 0.0778. The minimum atomic E-state index is -3.88. The molecule has 0 aliphatic carbocycles. The summed E-state index contributed by atoms with van der Waals surface area (Å²) in [4.78, 5) is 22.2. The van der Waals surface area contributed by atoms with Crippen LogP contribution >= 0.6 is 0 Å². The van der Waals surface area contributed by atoms with Crippen molar-refractivity contribution in [3.8, 4) is 0 Å². The van der Waals surface area contributed by atoms with Crippen LogP contribution in [0.2, 0.25) is 0 Å². The first-order valence-electron chi connectivity index (χ1n) is 5.67. The summed E-state index contributed by atoms with van der Waals surface area (Å²) in [6.07, 6.45) is 2.43. The van der Waals surface area contributed by atoms with Crippen molar-refractivity contribution in [2.24, 2.45) is 7.05 Å². The van der Waals surface area contributed by atoms with Crippen molar-refractivity contribution in [3.63, 3.8) is 0 Å². The van der Waals surface area contributed by atoms with Gasteiger partial charge in [0.2, 0.25) is 15.9 Å². The van der Waals surface area contributed by atoms with E-state index < -0.39 is 34.0 Å². The first-order valence-corrected chi connectivity index (χ1v) is 7.16. The Morgan fingerprint density at radius 2 is 1.95 bits per heavy atom. The molecule has 9 nitrogen and oxygen atoms in total. The summed E-state index contributed by atoms with van der Waals surface area (Å²) in [6, 6.07) is -2.21. The standard InChI is InChI=1S/C10H16N4O5S/c1-6(9(15)12-7(2)10(16)17)13-20(18,19)8-4-11-14(3)5-8/h4-7,13H,1-3H3,(H,12,15)(H,16,17). The number of hydrogen-bond donors (Lipinski definition) is 3. The molecule has 0 aliphatic heterocycles. The number of hydrogen-bond acceptors (Lipinski definition) is 5. The number of rotatable bonds is 6. The maximum atomic E-state index is 11.9. The lowest BCUT2D eigenvalue weighted by Gasteiger charge is -2.15. The highest BCUT2D eigenvalue weighted by Gasteiger charge is 2.25. The van der Waals surface area contributed by atoms with Crippen molar-refractivity contribution in [2.45, 2.75) is 30.8 Å². The van der Waals surface area contributed by atoms with Gasteiger partial charge in [-0.25, -0.2) is 8.42 Å². The fourth-order valence-corrected chi connectivity index (χ4v) is 2.48. The average Bonchev–Trinajstić information content (AvgIpc) is 2.75. The van der Waals surface area contributed by atoms with E-state index in [0.717, 1.165) is 6.20 Å². The van der Waals surface area contributed by atoms with Crippen LogP contribution in [0.5, 0.6) is 0 Å². The molecule has 1 amide bonds. The summed E-state index contributed by atoms with van der Waals surface area (Å²) in [6.45, 7) is 2.60. The third kappa shape index (κ3) is 4.03. The number of carboxylic acid groups (broad SMARTS) is 1. The topological polar surface area (TPSA) is 130 Å². The number of aromatic nitrogens is 2. The monoisotopic (exact) mass is 304 g/mol. The van der Waals surface area contributed by atoms with E-state index in [0.29, 0.717) is 0 Å². The van der Waals surface area contributed by atoms with Crippen LogP contribution in [-0.4, -0.2) is 47.3 Å². The van der Waals surface area contributed by atoms with Crippen LogP contribution < -0.4 is 10.0 Å². The summed E-state index contributed by atoms with van der Waals surface area (Å²) in [7, 11) is -2.32. The van der Waals surface area contributed by atoms with Crippen LogP contribution in [-0.2, 0) is 26.7 Å². The van der Waals surface area contributed by atoms with Gasteiger partial charge >= 0.3 is 5.97 Å². The molecule has 10 heteroatoms. The summed E-state index contributed by atoms with van der Waals surface area (Å²) in [5.74, 6) is -1.94. The van der Waals surface area contributed by atoms with E-state index in [9.17, 15) is 18.0 Å². The molecule has 1 heterocycles. The van der Waals surface area contributed by atoms with Gasteiger partial charge in [-0.3, -0.25) is 14.3 Å². The van der Waals surface area contributed by atoms with Gasteiger partial charge in [-0.2, -0.15) is 9.82 Å². The van der Waals surface area contributed by atoms with Crippen LogP contribution in [0.3, 0.4) is 0 Å². The Morgan fingerprint density at radius 3 is 2.40 bits per heavy atom. The second-order valence-corrected chi connectivity index (χ2v) is 5.98. The van der Waals surface area contributed by atoms with Crippen molar-refractivity contribution in [3.05, 3.63) is 12.4 Å². The van der Waals surface area contributed by atoms with Gasteiger partial charge in [-0.05, 0) is 13.8 Å². The fraction of sp³-hybridized carbons (Fsp3) is 0.500. The van der Waals surface area contributed by atoms with E-state index in [1.807, 2.05) is 0 Å². The van der Waals surface area contributed by atoms with Crippen molar-refractivity contribution in [2.75, 3.05) is 0 Å². The van der Waals surface area contributed by atoms with E-state index in [1.54, 1.807) is 7.05 Å². The molecule has 0 aromatic carbocycles. The highest BCUT2D eigenvalue weighted by molar-refractivity contribution is 7.89. The Hall–Kier alpha value is -1.94. The lowest BCUT2D eigenvalue weighted by Crippen LogP contribution is -2.49. The molecule has 0 aliphatic rings. The Labute approximate surface area is 116 Å². The highest BCUT2D eigenvalue weighted by atomic mass is 32.2. The van der Waals surface area contributed by atoms with Crippen molar-refractivity contribution in [1.29, 1.82) is 0 Å². The number of aryl methyl sites for hydroxylation is 1. The van der Waals surface area contributed by atoms with E-state index in [2.05, 4.69) is 15.1 Å². The van der Waals surface area contributed by atoms with Gasteiger partial charge in [0.15, 0.2) is 0 Å². The molecule has 0 spiro atoms. The molecular weight excluding hydrogens is 288 g/mol. The Bertz CT molecular complexity index is 609. The van der Waals surface area contributed by atoms with Gasteiger partial charge in [0.25, 0.3) is 0 Å². The van der Waals surface area contributed by atoms with E-state index >= 15 is 0 Å². The molecule has 2 atom stereocenters. The summed E-state index contributed by atoms with van der Waals surface area (Å²) < 4.78 is 27.3. The average molecular weight is 304 g/mol. The molecule has 0 fully saturated rings. The van der Waals surface area contributed by atoms with E-state index in [1.165, 1.54) is 24.7 Å². The van der Waals surface area contributed by atoms with Crippen LogP contribution in [0.1, 0.15) is 13.8 Å². The molecule has 3 N–H and O–H groups in total. The molecule has 0 radical (unpaired) electrons. The third-order valence-electron chi connectivity index (χ3n) is 2.45. The highest BCUT2D eigenvalue weighted by Crippen LogP contribution is 2.06. The maximum Gasteiger partial charge on any atom is 0.325 e. The maximum absolute atomic E-state index is 11.9. The third-order valence-corrected chi connectivity index (χ3v) is 3.94. The molecule has 1 aromatic heterocycles. The summed E-state index contributed by atoms with van der Waals surface area (Å²) in [5, 5.41) is 14.6. The van der Waals surface area contributed by atoms with Gasteiger partial charge in [0, 0.05) is 13.2 Å². The van der Waals surface area contributed by atoms with Gasteiger partial charge in [-0.15, -0.1) is 0 Å². The zero-order valence-electron chi connectivity index (χ0n) is 11.2. The molecule has 1 rings (SSSR count). The number of carbonyl (C=O) groups is 2. The normalized spacial score (nSPS) is 14.6. The number of nitrogens with zero attached hydrogens (tertiary/aromatic N) is 2. The SMILES string of the molecule is CC(NC(=O)C(C)NS(=O)(=O)c1cnn(C)c1)C(=O)O. The summed E-state index contributed by atoms with van der Waals surface area (Å²) >= 11 is 0. The number of amides is 1. The minimum Gasteiger partial charge on any atom is -0.480 e. The molecule has 1 aromatic rings. The zero-order chi connectivity index (χ0) is 15.5. The number of carbonyl (C=O) groups excluding carboxylic acids is 1. The number of aliphatic carboxylic acids is 1. The van der Waals surface area contributed by atoms with E-state index in [4.69, 9.17) is 5.11 Å². The molecule has 0 saturated carbocycles. The summed E-state index contributed by atoms with van der Waals surface area (Å²) in [5.41, 5.74) is 0. The lowest BCUT2D eigenvalue weighted by molar-refractivity contribution is -0.141. The zero-order valence-corrected chi connectivity index (χ0v) is 12.0. The van der Waals surface area contributed by atoms with Gasteiger partial charge in [0.1, 0.15) is 10.9 Å². The van der Waals surface area contributed by atoms with Gasteiger partial charge < -0.3 is 10.4 Å².